The Kier molecular flexibility index (Phi) is 4.72. The molecule has 3 aliphatic rings. The number of carbonyl (C=O) groups excluding carboxylic acids is 2. The lowest BCUT2D eigenvalue weighted by Gasteiger charge is -2.54. The lowest BCUT2D eigenvalue weighted by atomic mass is 9.58. The minimum Gasteiger partial charge on any atom is -0.367 e. The number of hydrogen-bond donors (Lipinski definition) is 0. The molecule has 162 valence electrons. The Bertz CT molecular complexity index is 1010. The zero-order chi connectivity index (χ0) is 21.8. The Morgan fingerprint density at radius 2 is 1.68 bits per heavy atom. The number of ketones is 2. The Hall–Kier alpha value is -2.63. The van der Waals surface area contributed by atoms with Crippen molar-refractivity contribution in [2.45, 2.75) is 56.7 Å². The van der Waals surface area contributed by atoms with Crippen molar-refractivity contribution in [2.24, 2.45) is 5.41 Å². The molecule has 2 aliphatic heterocycles. The average molecular weight is 427 g/mol. The van der Waals surface area contributed by atoms with Gasteiger partial charge in [-0.2, -0.15) is 13.2 Å². The molecule has 6 heteroatoms. The minimum atomic E-state index is -4.46. The Morgan fingerprint density at radius 1 is 0.968 bits per heavy atom. The van der Waals surface area contributed by atoms with Gasteiger partial charge < -0.3 is 4.90 Å². The van der Waals surface area contributed by atoms with E-state index in [9.17, 15) is 22.8 Å². The number of benzene rings is 2. The highest BCUT2D eigenvalue weighted by molar-refractivity contribution is 6.11. The van der Waals surface area contributed by atoms with Crippen LogP contribution in [0.5, 0.6) is 0 Å². The van der Waals surface area contributed by atoms with Crippen LogP contribution >= 0.6 is 0 Å². The predicted molar refractivity (Wildman–Crippen MR) is 111 cm³/mol. The van der Waals surface area contributed by atoms with Crippen LogP contribution in [0.2, 0.25) is 0 Å². The largest absolute Gasteiger partial charge is 0.416 e. The number of halogens is 3. The van der Waals surface area contributed by atoms with Crippen molar-refractivity contribution in [3.05, 3.63) is 65.2 Å². The maximum Gasteiger partial charge on any atom is 0.416 e. The predicted octanol–water partition coefficient (Wildman–Crippen LogP) is 5.32. The van der Waals surface area contributed by atoms with E-state index in [1.165, 1.54) is 11.6 Å². The van der Waals surface area contributed by atoms with Crippen molar-refractivity contribution in [3.63, 3.8) is 0 Å². The van der Waals surface area contributed by atoms with Gasteiger partial charge in [-0.15, -0.1) is 0 Å². The van der Waals surface area contributed by atoms with Crippen molar-refractivity contribution in [3.8, 4) is 0 Å². The van der Waals surface area contributed by atoms with E-state index in [-0.39, 0.29) is 29.9 Å². The molecule has 1 saturated heterocycles. The minimum absolute atomic E-state index is 0.0760. The molecule has 2 heterocycles. The van der Waals surface area contributed by atoms with Crippen LogP contribution in [0, 0.1) is 5.41 Å². The quantitative estimate of drug-likeness (QED) is 0.578. The van der Waals surface area contributed by atoms with Gasteiger partial charge in [0, 0.05) is 31.1 Å². The van der Waals surface area contributed by atoms with Gasteiger partial charge >= 0.3 is 6.18 Å². The number of piperidine rings is 1. The van der Waals surface area contributed by atoms with E-state index in [1.807, 2.05) is 18.2 Å². The first-order valence-corrected chi connectivity index (χ1v) is 10.9. The molecule has 1 saturated carbocycles. The molecule has 0 bridgehead atoms. The van der Waals surface area contributed by atoms with Crippen LogP contribution in [0.15, 0.2) is 48.5 Å². The summed E-state index contributed by atoms with van der Waals surface area (Å²) >= 11 is 0. The molecule has 0 radical (unpaired) electrons. The fourth-order valence-corrected chi connectivity index (χ4v) is 5.93. The van der Waals surface area contributed by atoms with Gasteiger partial charge in [-0.3, -0.25) is 9.59 Å². The molecule has 1 aliphatic carbocycles. The van der Waals surface area contributed by atoms with Crippen molar-refractivity contribution in [1.29, 1.82) is 0 Å². The Labute approximate surface area is 179 Å². The zero-order valence-corrected chi connectivity index (χ0v) is 17.1. The van der Waals surface area contributed by atoms with Crippen LogP contribution in [0.1, 0.15) is 54.7 Å². The molecule has 1 spiro atoms. The topological polar surface area (TPSA) is 37.4 Å². The molecule has 0 N–H and O–H groups in total. The summed E-state index contributed by atoms with van der Waals surface area (Å²) in [5.74, 6) is 0.0175. The van der Waals surface area contributed by atoms with Crippen LogP contribution in [-0.4, -0.2) is 24.2 Å². The summed E-state index contributed by atoms with van der Waals surface area (Å²) in [5.41, 5.74) is 0.429. The molecule has 3 nitrogen and oxygen atoms in total. The van der Waals surface area contributed by atoms with E-state index >= 15 is 0 Å². The number of Topliss-reactive ketones (excluding diaryl/α,β-unsaturated/α-hetero) is 2. The fourth-order valence-electron chi connectivity index (χ4n) is 5.93. The molecule has 2 aromatic rings. The lowest BCUT2D eigenvalue weighted by Crippen LogP contribution is -2.63. The average Bonchev–Trinajstić information content (AvgIpc) is 2.76. The van der Waals surface area contributed by atoms with Gasteiger partial charge in [0.25, 0.3) is 0 Å². The van der Waals surface area contributed by atoms with Gasteiger partial charge in [-0.25, -0.2) is 0 Å². The van der Waals surface area contributed by atoms with Crippen LogP contribution < -0.4 is 4.90 Å². The number of nitrogens with zero attached hydrogens (tertiary/aromatic N) is 1. The molecule has 31 heavy (non-hydrogen) atoms. The Morgan fingerprint density at radius 3 is 2.35 bits per heavy atom. The van der Waals surface area contributed by atoms with Crippen molar-refractivity contribution in [2.75, 3.05) is 11.4 Å². The van der Waals surface area contributed by atoms with E-state index in [0.717, 1.165) is 24.2 Å². The highest BCUT2D eigenvalue weighted by atomic mass is 19.4. The van der Waals surface area contributed by atoms with Crippen molar-refractivity contribution < 1.29 is 22.8 Å². The smallest absolute Gasteiger partial charge is 0.367 e. The number of carbonyl (C=O) groups is 2. The zero-order valence-electron chi connectivity index (χ0n) is 17.1. The van der Waals surface area contributed by atoms with Gasteiger partial charge in [0.05, 0.1) is 5.56 Å². The van der Waals surface area contributed by atoms with Gasteiger partial charge in [0.2, 0.25) is 0 Å². The Balaban J connectivity index is 1.61. The molecular weight excluding hydrogens is 403 g/mol. The van der Waals surface area contributed by atoms with Crippen molar-refractivity contribution >= 4 is 17.3 Å². The summed E-state index contributed by atoms with van der Waals surface area (Å²) in [6.07, 6.45) is -1.72. The van der Waals surface area contributed by atoms with Gasteiger partial charge in [-0.1, -0.05) is 30.3 Å². The first-order chi connectivity index (χ1) is 14.8. The van der Waals surface area contributed by atoms with E-state index < -0.39 is 17.2 Å². The maximum atomic E-state index is 13.4. The second kappa shape index (κ2) is 7.21. The number of hydrogen-bond acceptors (Lipinski definition) is 3. The molecule has 5 rings (SSSR count). The first kappa shape index (κ1) is 20.3. The third kappa shape index (κ3) is 3.19. The van der Waals surface area contributed by atoms with E-state index in [4.69, 9.17) is 0 Å². The van der Waals surface area contributed by atoms with Crippen LogP contribution in [-0.2, 0) is 22.2 Å². The summed E-state index contributed by atoms with van der Waals surface area (Å²) in [7, 11) is 0. The van der Waals surface area contributed by atoms with Crippen molar-refractivity contribution in [1.82, 2.24) is 0 Å². The summed E-state index contributed by atoms with van der Waals surface area (Å²) in [6, 6.07) is 13.6. The van der Waals surface area contributed by atoms with E-state index in [0.29, 0.717) is 37.8 Å². The van der Waals surface area contributed by atoms with Crippen LogP contribution in [0.4, 0.5) is 18.9 Å². The summed E-state index contributed by atoms with van der Waals surface area (Å²) in [6.45, 7) is 0.616. The van der Waals surface area contributed by atoms with Gasteiger partial charge in [0.15, 0.2) is 0 Å². The maximum absolute atomic E-state index is 13.4. The molecule has 0 amide bonds. The van der Waals surface area contributed by atoms with Crippen LogP contribution in [0.25, 0.3) is 0 Å². The number of fused-ring (bicyclic) bond motifs is 4. The number of anilines is 1. The molecule has 2 aromatic carbocycles. The molecule has 2 atom stereocenters. The van der Waals surface area contributed by atoms with Crippen LogP contribution in [0.3, 0.4) is 0 Å². The third-order valence-electron chi connectivity index (χ3n) is 7.43. The summed E-state index contributed by atoms with van der Waals surface area (Å²) in [4.78, 5) is 28.7. The second-order valence-corrected chi connectivity index (χ2v) is 9.03. The number of alkyl halides is 3. The first-order valence-electron chi connectivity index (χ1n) is 10.9. The highest BCUT2D eigenvalue weighted by Crippen LogP contribution is 2.52. The molecule has 0 unspecified atom stereocenters. The third-order valence-corrected chi connectivity index (χ3v) is 7.43. The number of rotatable bonds is 1. The van der Waals surface area contributed by atoms with Gasteiger partial charge in [-0.05, 0) is 60.9 Å². The standard InChI is InChI=1S/C25H24F3NO2/c26-25(27,28)19-9-10-20-18(13-19)15-24(22(30)7-4-8-23(24)31)21-14-17(11-12-29(20)21)16-5-2-1-3-6-16/h1-3,5-6,9-10,13,17,21H,4,7-8,11-12,14-15H2/t17-,21+/m1/s1. The monoisotopic (exact) mass is 427 g/mol. The normalized spacial score (nSPS) is 25.3. The molecule has 2 fully saturated rings. The van der Waals surface area contributed by atoms with Gasteiger partial charge in [0.1, 0.15) is 17.0 Å². The van der Waals surface area contributed by atoms with E-state index in [1.54, 1.807) is 0 Å². The fraction of sp³-hybridized carbons (Fsp3) is 0.440. The molecule has 0 aromatic heterocycles. The highest BCUT2D eigenvalue weighted by Gasteiger charge is 2.58. The lowest BCUT2D eigenvalue weighted by molar-refractivity contribution is -0.146. The summed E-state index contributed by atoms with van der Waals surface area (Å²) < 4.78 is 40.1. The second-order valence-electron chi connectivity index (χ2n) is 9.03. The van der Waals surface area contributed by atoms with E-state index in [2.05, 4.69) is 17.0 Å². The molecular formula is C25H24F3NO2. The SMILES string of the molecule is O=C1CCCC(=O)C12Cc1cc(C(F)(F)F)ccc1N1CC[C@@H](c3ccccc3)C[C@H]12. The summed E-state index contributed by atoms with van der Waals surface area (Å²) in [5, 5.41) is 0.